The van der Waals surface area contributed by atoms with Gasteiger partial charge in [-0.15, -0.1) is 0 Å². The molecule has 25 heavy (non-hydrogen) atoms. The van der Waals surface area contributed by atoms with Crippen LogP contribution in [0.5, 0.6) is 5.75 Å². The first-order valence-electron chi connectivity index (χ1n) is 8.36. The molecule has 0 fully saturated rings. The molecule has 0 amide bonds. The van der Waals surface area contributed by atoms with Crippen molar-refractivity contribution in [2.24, 2.45) is 0 Å². The Kier molecular flexibility index (Phi) is 4.96. The standard InChI is InChI=1S/C21H22NO2P/c1-3-22(20-16-17(2)14-15-21(20)23)25(24,18-10-6-4-7-11-18)19-12-8-5-9-13-19/h4-16,23H,3H2,1-2H3. The zero-order chi connectivity index (χ0) is 17.9. The number of aryl methyl sites for hydroxylation is 1. The third kappa shape index (κ3) is 3.20. The molecule has 4 heteroatoms. The number of anilines is 1. The second kappa shape index (κ2) is 7.16. The smallest absolute Gasteiger partial charge is 0.229 e. The van der Waals surface area contributed by atoms with E-state index in [0.29, 0.717) is 12.2 Å². The van der Waals surface area contributed by atoms with Gasteiger partial charge in [0.25, 0.3) is 0 Å². The molecule has 0 aliphatic heterocycles. The van der Waals surface area contributed by atoms with Gasteiger partial charge in [0.05, 0.1) is 5.69 Å². The summed E-state index contributed by atoms with van der Waals surface area (Å²) in [5.41, 5.74) is 1.61. The van der Waals surface area contributed by atoms with E-state index in [2.05, 4.69) is 0 Å². The Morgan fingerprint density at radius 1 is 0.880 bits per heavy atom. The van der Waals surface area contributed by atoms with Gasteiger partial charge in [0, 0.05) is 17.2 Å². The molecule has 0 aliphatic carbocycles. The molecule has 0 heterocycles. The van der Waals surface area contributed by atoms with E-state index in [-0.39, 0.29) is 5.75 Å². The molecule has 0 atom stereocenters. The van der Waals surface area contributed by atoms with Crippen LogP contribution in [0.1, 0.15) is 12.5 Å². The summed E-state index contributed by atoms with van der Waals surface area (Å²) in [7, 11) is -3.13. The zero-order valence-corrected chi connectivity index (χ0v) is 15.4. The van der Waals surface area contributed by atoms with Crippen molar-refractivity contribution in [3.63, 3.8) is 0 Å². The number of nitrogens with zero attached hydrogens (tertiary/aromatic N) is 1. The quantitative estimate of drug-likeness (QED) is 0.690. The van der Waals surface area contributed by atoms with Crippen LogP contribution in [0.25, 0.3) is 0 Å². The molecule has 0 unspecified atom stereocenters. The Hall–Kier alpha value is -2.51. The third-order valence-corrected chi connectivity index (χ3v) is 7.44. The lowest BCUT2D eigenvalue weighted by molar-refractivity contribution is 0.475. The van der Waals surface area contributed by atoms with Gasteiger partial charge in [-0.1, -0.05) is 42.5 Å². The summed E-state index contributed by atoms with van der Waals surface area (Å²) >= 11 is 0. The van der Waals surface area contributed by atoms with Crippen LogP contribution in [0.15, 0.2) is 78.9 Å². The van der Waals surface area contributed by atoms with Gasteiger partial charge in [-0.05, 0) is 55.8 Å². The first-order chi connectivity index (χ1) is 12.1. The van der Waals surface area contributed by atoms with Gasteiger partial charge in [0.2, 0.25) is 7.29 Å². The highest BCUT2D eigenvalue weighted by Gasteiger charge is 2.35. The van der Waals surface area contributed by atoms with Crippen molar-refractivity contribution in [3.05, 3.63) is 84.4 Å². The summed E-state index contributed by atoms with van der Waals surface area (Å²) < 4.78 is 16.3. The second-order valence-electron chi connectivity index (χ2n) is 5.96. The molecule has 128 valence electrons. The fourth-order valence-corrected chi connectivity index (χ4v) is 5.92. The van der Waals surface area contributed by atoms with E-state index in [0.717, 1.165) is 16.2 Å². The molecule has 0 spiro atoms. The van der Waals surface area contributed by atoms with Crippen molar-refractivity contribution in [2.75, 3.05) is 11.2 Å². The highest BCUT2D eigenvalue weighted by atomic mass is 31.2. The summed E-state index contributed by atoms with van der Waals surface area (Å²) in [6, 6.07) is 24.4. The summed E-state index contributed by atoms with van der Waals surface area (Å²) in [5, 5.41) is 11.9. The molecule has 3 aromatic rings. The normalized spacial score (nSPS) is 11.3. The summed E-state index contributed by atoms with van der Waals surface area (Å²) in [4.78, 5) is 0. The third-order valence-electron chi connectivity index (χ3n) is 4.26. The molecule has 0 aromatic heterocycles. The summed E-state index contributed by atoms with van der Waals surface area (Å²) in [6.45, 7) is 4.44. The molecule has 0 radical (unpaired) electrons. The first-order valence-corrected chi connectivity index (χ1v) is 10.0. The number of phenols is 1. The van der Waals surface area contributed by atoms with Crippen LogP contribution >= 0.6 is 7.29 Å². The predicted molar refractivity (Wildman–Crippen MR) is 106 cm³/mol. The molecule has 3 rings (SSSR count). The van der Waals surface area contributed by atoms with Gasteiger partial charge in [-0.25, -0.2) is 0 Å². The highest BCUT2D eigenvalue weighted by molar-refractivity contribution is 7.80. The van der Waals surface area contributed by atoms with E-state index in [1.165, 1.54) is 0 Å². The highest BCUT2D eigenvalue weighted by Crippen LogP contribution is 2.52. The maximum atomic E-state index is 14.4. The largest absolute Gasteiger partial charge is 0.506 e. The average Bonchev–Trinajstić information content (AvgIpc) is 2.66. The van der Waals surface area contributed by atoms with E-state index < -0.39 is 7.29 Å². The minimum Gasteiger partial charge on any atom is -0.506 e. The van der Waals surface area contributed by atoms with Crippen LogP contribution in [0.3, 0.4) is 0 Å². The van der Waals surface area contributed by atoms with Crippen molar-refractivity contribution in [1.29, 1.82) is 0 Å². The topological polar surface area (TPSA) is 40.5 Å². The minimum absolute atomic E-state index is 0.138. The Balaban J connectivity index is 2.27. The van der Waals surface area contributed by atoms with E-state index >= 15 is 0 Å². The molecule has 0 saturated carbocycles. The van der Waals surface area contributed by atoms with Crippen LogP contribution in [-0.2, 0) is 4.57 Å². The monoisotopic (exact) mass is 351 g/mol. The zero-order valence-electron chi connectivity index (χ0n) is 14.5. The van der Waals surface area contributed by atoms with Crippen molar-refractivity contribution in [1.82, 2.24) is 0 Å². The lowest BCUT2D eigenvalue weighted by Crippen LogP contribution is -2.32. The van der Waals surface area contributed by atoms with Crippen molar-refractivity contribution in [3.8, 4) is 5.75 Å². The maximum absolute atomic E-state index is 14.4. The van der Waals surface area contributed by atoms with Crippen LogP contribution < -0.4 is 15.3 Å². The van der Waals surface area contributed by atoms with Gasteiger partial charge in [-0.3, -0.25) is 4.57 Å². The molecule has 3 nitrogen and oxygen atoms in total. The second-order valence-corrected chi connectivity index (χ2v) is 8.62. The molecule has 0 bridgehead atoms. The van der Waals surface area contributed by atoms with Crippen LogP contribution in [-0.4, -0.2) is 11.7 Å². The Bertz CT molecular complexity index is 851. The lowest BCUT2D eigenvalue weighted by Gasteiger charge is -2.34. The van der Waals surface area contributed by atoms with Crippen LogP contribution in [0, 0.1) is 6.92 Å². The minimum atomic E-state index is -3.13. The predicted octanol–water partition coefficient (Wildman–Crippen LogP) is 4.46. The average molecular weight is 351 g/mol. The number of benzene rings is 3. The number of hydrogen-bond acceptors (Lipinski definition) is 2. The number of aromatic hydroxyl groups is 1. The Labute approximate surface area is 149 Å². The molecule has 1 N–H and O–H groups in total. The van der Waals surface area contributed by atoms with E-state index in [1.807, 2.05) is 91.3 Å². The Morgan fingerprint density at radius 2 is 1.40 bits per heavy atom. The Morgan fingerprint density at radius 3 is 1.88 bits per heavy atom. The van der Waals surface area contributed by atoms with Gasteiger partial charge in [0.15, 0.2) is 0 Å². The van der Waals surface area contributed by atoms with Crippen LogP contribution in [0.2, 0.25) is 0 Å². The lowest BCUT2D eigenvalue weighted by atomic mass is 10.2. The van der Waals surface area contributed by atoms with E-state index in [4.69, 9.17) is 0 Å². The number of hydrogen-bond donors (Lipinski definition) is 1. The number of rotatable bonds is 5. The fraction of sp³-hybridized carbons (Fsp3) is 0.143. The van der Waals surface area contributed by atoms with Gasteiger partial charge >= 0.3 is 0 Å². The van der Waals surface area contributed by atoms with Gasteiger partial charge < -0.3 is 9.78 Å². The SMILES string of the molecule is CCN(c1cc(C)ccc1O)P(=O)(c1ccccc1)c1ccccc1. The molecular weight excluding hydrogens is 329 g/mol. The molecule has 3 aromatic carbocycles. The van der Waals surface area contributed by atoms with E-state index in [1.54, 1.807) is 6.07 Å². The number of phenolic OH excluding ortho intramolecular Hbond substituents is 1. The van der Waals surface area contributed by atoms with E-state index in [9.17, 15) is 9.67 Å². The molecule has 0 saturated heterocycles. The van der Waals surface area contributed by atoms with Crippen molar-refractivity contribution in [2.45, 2.75) is 13.8 Å². The van der Waals surface area contributed by atoms with Gasteiger partial charge in [-0.2, -0.15) is 0 Å². The molecular formula is C21H22NO2P. The first kappa shape index (κ1) is 17.3. The summed E-state index contributed by atoms with van der Waals surface area (Å²) in [5.74, 6) is 0.138. The van der Waals surface area contributed by atoms with Gasteiger partial charge in [0.1, 0.15) is 5.75 Å². The summed E-state index contributed by atoms with van der Waals surface area (Å²) in [6.07, 6.45) is 0. The fourth-order valence-electron chi connectivity index (χ4n) is 3.05. The maximum Gasteiger partial charge on any atom is 0.229 e. The molecule has 0 aliphatic rings. The van der Waals surface area contributed by atoms with Crippen molar-refractivity contribution >= 4 is 23.6 Å². The van der Waals surface area contributed by atoms with Crippen molar-refractivity contribution < 1.29 is 9.67 Å². The van der Waals surface area contributed by atoms with Crippen LogP contribution in [0.4, 0.5) is 5.69 Å².